The van der Waals surface area contributed by atoms with E-state index in [2.05, 4.69) is 0 Å². The summed E-state index contributed by atoms with van der Waals surface area (Å²) in [5, 5.41) is 11.2. The van der Waals surface area contributed by atoms with Gasteiger partial charge in [0.2, 0.25) is 0 Å². The van der Waals surface area contributed by atoms with Gasteiger partial charge in [0.15, 0.2) is 36.8 Å². The van der Waals surface area contributed by atoms with E-state index >= 15 is 0 Å². The predicted octanol–water partition coefficient (Wildman–Crippen LogP) is 1.31. The summed E-state index contributed by atoms with van der Waals surface area (Å²) in [5.74, 6) is -5.99. The maximum Gasteiger partial charge on any atom is 0.303 e. The quantitative estimate of drug-likeness (QED) is 0.112. The molecule has 2 aliphatic heterocycles. The van der Waals surface area contributed by atoms with E-state index in [-0.39, 0.29) is 5.69 Å². The maximum atomic E-state index is 12.6. The Bertz CT molecular complexity index is 1530. The molecule has 0 aromatic heterocycles. The van der Waals surface area contributed by atoms with E-state index in [1.807, 2.05) is 0 Å². The van der Waals surface area contributed by atoms with E-state index in [9.17, 15) is 43.7 Å². The zero-order valence-corrected chi connectivity index (χ0v) is 30.4. The number of carbonyl (C=O) groups excluding carboxylic acids is 7. The largest absolute Gasteiger partial charge is 0.463 e. The second kappa shape index (κ2) is 19.3. The molecule has 21 heteroatoms. The Morgan fingerprint density at radius 1 is 0.585 bits per heavy atom. The molecule has 0 bridgehead atoms. The molecule has 1 aromatic carbocycles. The summed E-state index contributed by atoms with van der Waals surface area (Å²) in [6.45, 7) is 6.23. The summed E-state index contributed by atoms with van der Waals surface area (Å²) >= 11 is 0.919. The number of rotatable bonds is 14. The minimum Gasteiger partial charge on any atom is -0.463 e. The molecule has 53 heavy (non-hydrogen) atoms. The first-order chi connectivity index (χ1) is 24.9. The summed E-state index contributed by atoms with van der Waals surface area (Å²) < 4.78 is 56.5. The molecule has 10 atom stereocenters. The fourth-order valence-electron chi connectivity index (χ4n) is 5.35. The third-order valence-corrected chi connectivity index (χ3v) is 8.34. The van der Waals surface area contributed by atoms with Gasteiger partial charge in [0.05, 0.1) is 4.92 Å². The molecule has 0 saturated carbocycles. The number of thioether (sulfide) groups is 1. The molecule has 0 aliphatic carbocycles. The number of non-ortho nitro benzene ring substituents is 1. The molecule has 20 nitrogen and oxygen atoms in total. The van der Waals surface area contributed by atoms with E-state index in [0.29, 0.717) is 4.90 Å². The molecule has 2 fully saturated rings. The highest BCUT2D eigenvalue weighted by Crippen LogP contribution is 2.40. The van der Waals surface area contributed by atoms with Crippen molar-refractivity contribution in [2.24, 2.45) is 0 Å². The molecule has 0 amide bonds. The van der Waals surface area contributed by atoms with E-state index in [4.69, 9.17) is 47.4 Å². The molecule has 0 radical (unpaired) electrons. The molecular formula is C32H39NO19S. The molecule has 2 saturated heterocycles. The Morgan fingerprint density at radius 2 is 1.00 bits per heavy atom. The van der Waals surface area contributed by atoms with Gasteiger partial charge in [-0.15, -0.1) is 0 Å². The van der Waals surface area contributed by atoms with Gasteiger partial charge in [-0.2, -0.15) is 0 Å². The third kappa shape index (κ3) is 12.6. The first-order valence-corrected chi connectivity index (χ1v) is 16.7. The molecular weight excluding hydrogens is 734 g/mol. The number of carbonyl (C=O) groups is 7. The fourth-order valence-corrected chi connectivity index (χ4v) is 6.45. The number of nitro groups is 1. The average Bonchev–Trinajstić information content (AvgIpc) is 3.03. The van der Waals surface area contributed by atoms with Crippen molar-refractivity contribution < 1.29 is 85.9 Å². The second-order valence-corrected chi connectivity index (χ2v) is 12.7. The van der Waals surface area contributed by atoms with Crippen LogP contribution < -0.4 is 0 Å². The lowest BCUT2D eigenvalue weighted by molar-refractivity contribution is -0.384. The van der Waals surface area contributed by atoms with Crippen molar-refractivity contribution in [3.63, 3.8) is 0 Å². The summed E-state index contributed by atoms with van der Waals surface area (Å²) in [6, 6.07) is 5.25. The van der Waals surface area contributed by atoms with Crippen molar-refractivity contribution >= 4 is 59.2 Å². The van der Waals surface area contributed by atoms with Crippen LogP contribution in [0.4, 0.5) is 5.69 Å². The Morgan fingerprint density at radius 3 is 1.45 bits per heavy atom. The van der Waals surface area contributed by atoms with Crippen LogP contribution in [0.25, 0.3) is 0 Å². The van der Waals surface area contributed by atoms with E-state index < -0.39 is 120 Å². The number of nitrogens with zero attached hydrogens (tertiary/aromatic N) is 1. The van der Waals surface area contributed by atoms with Crippen LogP contribution in [-0.4, -0.2) is 120 Å². The number of benzene rings is 1. The van der Waals surface area contributed by atoms with Crippen LogP contribution in [0.15, 0.2) is 29.2 Å². The molecule has 2 aliphatic rings. The summed E-state index contributed by atoms with van der Waals surface area (Å²) in [7, 11) is 0. The van der Waals surface area contributed by atoms with Crippen LogP contribution in [0.3, 0.4) is 0 Å². The highest BCUT2D eigenvalue weighted by molar-refractivity contribution is 7.99. The standard InChI is InChI=1S/C32H39NO19S/c1-14(34)43-12-23-25(45-16(3)36)27(46-17(4)37)29(48-19(6)39)31(50-23)52-26-24(13-44-15(2)35)51-32(30(49-20(7)40)28(26)47-18(5)38)53-22-10-8-21(9-11-22)33(41)42/h8-11,23-32H,12-13H2,1-7H3. The van der Waals surface area contributed by atoms with Gasteiger partial charge in [-0.3, -0.25) is 43.7 Å². The number of esters is 7. The van der Waals surface area contributed by atoms with Crippen molar-refractivity contribution in [1.29, 1.82) is 0 Å². The fraction of sp³-hybridized carbons (Fsp3) is 0.594. The second-order valence-electron chi connectivity index (χ2n) is 11.5. The number of ether oxygens (including phenoxy) is 10. The highest BCUT2D eigenvalue weighted by atomic mass is 32.2. The van der Waals surface area contributed by atoms with Crippen LogP contribution in [-0.2, 0) is 80.9 Å². The van der Waals surface area contributed by atoms with Gasteiger partial charge in [0.1, 0.15) is 37.0 Å². The summed E-state index contributed by atoms with van der Waals surface area (Å²) in [6.07, 6.45) is -14.2. The van der Waals surface area contributed by atoms with E-state index in [1.54, 1.807) is 0 Å². The lowest BCUT2D eigenvalue weighted by Gasteiger charge is -2.48. The topological polar surface area (TPSA) is 255 Å². The average molecular weight is 774 g/mol. The van der Waals surface area contributed by atoms with E-state index in [0.717, 1.165) is 60.2 Å². The molecule has 2 heterocycles. The van der Waals surface area contributed by atoms with Gasteiger partial charge in [-0.1, -0.05) is 11.8 Å². The SMILES string of the molecule is CC(=O)OCC1OC(OC2C(COC(C)=O)OC(Sc3ccc([N+](=O)[O-])cc3)C(OC(C)=O)C2OC(C)=O)C(OC(C)=O)C(OC(C)=O)C1OC(C)=O. The predicted molar refractivity (Wildman–Crippen MR) is 172 cm³/mol. The Labute approximate surface area is 306 Å². The van der Waals surface area contributed by atoms with Gasteiger partial charge >= 0.3 is 41.8 Å². The molecule has 1 aromatic rings. The van der Waals surface area contributed by atoms with Gasteiger partial charge in [-0.25, -0.2) is 0 Å². The Kier molecular flexibility index (Phi) is 15.5. The lowest BCUT2D eigenvalue weighted by atomic mass is 9.96. The number of nitro benzene ring substituents is 1. The van der Waals surface area contributed by atoms with Crippen molar-refractivity contribution in [2.45, 2.75) is 114 Å². The Balaban J connectivity index is 2.16. The molecule has 10 unspecified atom stereocenters. The van der Waals surface area contributed by atoms with Crippen molar-refractivity contribution in [1.82, 2.24) is 0 Å². The molecule has 292 valence electrons. The highest BCUT2D eigenvalue weighted by Gasteiger charge is 2.57. The first-order valence-electron chi connectivity index (χ1n) is 15.9. The third-order valence-electron chi connectivity index (χ3n) is 7.19. The van der Waals surface area contributed by atoms with Gasteiger partial charge in [-0.05, 0) is 12.1 Å². The maximum absolute atomic E-state index is 12.6. The molecule has 0 N–H and O–H groups in total. The molecule has 0 spiro atoms. The van der Waals surface area contributed by atoms with Gasteiger partial charge < -0.3 is 47.4 Å². The minimum absolute atomic E-state index is 0.209. The van der Waals surface area contributed by atoms with Crippen LogP contribution in [0.5, 0.6) is 0 Å². The normalized spacial score (nSPS) is 28.0. The smallest absolute Gasteiger partial charge is 0.303 e. The van der Waals surface area contributed by atoms with Crippen molar-refractivity contribution in [3.05, 3.63) is 34.4 Å². The van der Waals surface area contributed by atoms with Crippen molar-refractivity contribution in [3.8, 4) is 0 Å². The van der Waals surface area contributed by atoms with Crippen LogP contribution >= 0.6 is 11.8 Å². The number of hydrogen-bond donors (Lipinski definition) is 0. The summed E-state index contributed by atoms with van der Waals surface area (Å²) in [5.41, 5.74) is -1.44. The van der Waals surface area contributed by atoms with Crippen LogP contribution in [0, 0.1) is 10.1 Å². The Hall–Kier alpha value is -4.86. The monoisotopic (exact) mass is 773 g/mol. The minimum atomic E-state index is -1.82. The van der Waals surface area contributed by atoms with Crippen LogP contribution in [0.1, 0.15) is 48.5 Å². The zero-order chi connectivity index (χ0) is 39.6. The lowest BCUT2D eigenvalue weighted by Crippen LogP contribution is -2.66. The molecule has 3 rings (SSSR count). The van der Waals surface area contributed by atoms with Gasteiger partial charge in [0.25, 0.3) is 5.69 Å². The number of hydrogen-bond acceptors (Lipinski definition) is 20. The van der Waals surface area contributed by atoms with E-state index in [1.165, 1.54) is 24.3 Å². The first kappa shape index (κ1) is 42.6. The zero-order valence-electron chi connectivity index (χ0n) is 29.6. The van der Waals surface area contributed by atoms with Crippen molar-refractivity contribution in [2.75, 3.05) is 13.2 Å². The van der Waals surface area contributed by atoms with Crippen LogP contribution in [0.2, 0.25) is 0 Å². The summed E-state index contributed by atoms with van der Waals surface area (Å²) in [4.78, 5) is 96.7. The van der Waals surface area contributed by atoms with Gasteiger partial charge in [0, 0.05) is 65.5 Å².